The molecular weight excluding hydrogens is 204 g/mol. The van der Waals surface area contributed by atoms with Gasteiger partial charge < -0.3 is 10.2 Å². The molecule has 15 heavy (non-hydrogen) atoms. The van der Waals surface area contributed by atoms with Gasteiger partial charge in [0.2, 0.25) is 0 Å². The summed E-state index contributed by atoms with van der Waals surface area (Å²) in [5, 5.41) is 3.39. The molecule has 1 unspecified atom stereocenters. The van der Waals surface area contributed by atoms with Gasteiger partial charge in [-0.15, -0.1) is 11.8 Å². The van der Waals surface area contributed by atoms with Crippen LogP contribution in [0.2, 0.25) is 0 Å². The van der Waals surface area contributed by atoms with Crippen molar-refractivity contribution in [2.45, 2.75) is 6.42 Å². The fourth-order valence-corrected chi connectivity index (χ4v) is 2.63. The third kappa shape index (κ3) is 3.37. The Bertz CT molecular complexity index is 254. The zero-order valence-corrected chi connectivity index (χ0v) is 10.2. The van der Waals surface area contributed by atoms with E-state index in [2.05, 4.69) is 34.7 Å². The SMILES string of the molecule is CSC1=CCC(CN2CCNCC2)C=C1. The van der Waals surface area contributed by atoms with E-state index in [0.717, 1.165) is 19.0 Å². The molecule has 0 radical (unpaired) electrons. The Morgan fingerprint density at radius 1 is 1.47 bits per heavy atom. The van der Waals surface area contributed by atoms with Crippen molar-refractivity contribution in [2.75, 3.05) is 39.0 Å². The van der Waals surface area contributed by atoms with E-state index in [1.165, 1.54) is 31.0 Å². The number of allylic oxidation sites excluding steroid dienone is 2. The molecule has 1 aliphatic carbocycles. The Balaban J connectivity index is 1.77. The summed E-state index contributed by atoms with van der Waals surface area (Å²) in [6.45, 7) is 5.97. The minimum atomic E-state index is 0.735. The maximum absolute atomic E-state index is 3.39. The lowest BCUT2D eigenvalue weighted by atomic mass is 10.00. The molecule has 1 atom stereocenters. The highest BCUT2D eigenvalue weighted by Gasteiger charge is 2.15. The van der Waals surface area contributed by atoms with E-state index < -0.39 is 0 Å². The lowest BCUT2D eigenvalue weighted by Crippen LogP contribution is -2.45. The van der Waals surface area contributed by atoms with Crippen LogP contribution in [0.4, 0.5) is 0 Å². The summed E-state index contributed by atoms with van der Waals surface area (Å²) in [7, 11) is 0. The third-order valence-corrected chi connectivity index (χ3v) is 3.87. The number of hydrogen-bond acceptors (Lipinski definition) is 3. The van der Waals surface area contributed by atoms with Gasteiger partial charge >= 0.3 is 0 Å². The summed E-state index contributed by atoms with van der Waals surface area (Å²) in [4.78, 5) is 4.00. The summed E-state index contributed by atoms with van der Waals surface area (Å²) in [5.41, 5.74) is 0. The van der Waals surface area contributed by atoms with Crippen molar-refractivity contribution in [2.24, 2.45) is 5.92 Å². The van der Waals surface area contributed by atoms with Crippen LogP contribution in [0.25, 0.3) is 0 Å². The fourth-order valence-electron chi connectivity index (χ4n) is 2.16. The van der Waals surface area contributed by atoms with Gasteiger partial charge in [-0.3, -0.25) is 0 Å². The molecule has 1 fully saturated rings. The van der Waals surface area contributed by atoms with Gasteiger partial charge in [-0.1, -0.05) is 18.2 Å². The number of nitrogens with zero attached hydrogens (tertiary/aromatic N) is 1. The first-order chi connectivity index (χ1) is 7.38. The molecule has 0 aromatic heterocycles. The van der Waals surface area contributed by atoms with E-state index in [1.807, 2.05) is 11.8 Å². The first-order valence-electron chi connectivity index (χ1n) is 5.74. The number of piperazine rings is 1. The van der Waals surface area contributed by atoms with Crippen LogP contribution in [0.3, 0.4) is 0 Å². The van der Waals surface area contributed by atoms with Crippen LogP contribution in [-0.4, -0.2) is 43.9 Å². The van der Waals surface area contributed by atoms with Crippen molar-refractivity contribution >= 4 is 11.8 Å². The molecule has 0 bridgehead atoms. The van der Waals surface area contributed by atoms with E-state index in [4.69, 9.17) is 0 Å². The van der Waals surface area contributed by atoms with Gasteiger partial charge in [0.25, 0.3) is 0 Å². The lowest BCUT2D eigenvalue weighted by Gasteiger charge is -2.30. The number of thioether (sulfide) groups is 1. The average Bonchev–Trinajstić information content (AvgIpc) is 2.31. The van der Waals surface area contributed by atoms with Crippen LogP contribution in [0, 0.1) is 5.92 Å². The largest absolute Gasteiger partial charge is 0.314 e. The van der Waals surface area contributed by atoms with E-state index in [-0.39, 0.29) is 0 Å². The summed E-state index contributed by atoms with van der Waals surface area (Å²) in [6, 6.07) is 0. The molecule has 2 aliphatic rings. The van der Waals surface area contributed by atoms with Crippen molar-refractivity contribution in [3.8, 4) is 0 Å². The monoisotopic (exact) mass is 224 g/mol. The maximum atomic E-state index is 3.39. The van der Waals surface area contributed by atoms with Crippen molar-refractivity contribution in [3.05, 3.63) is 23.1 Å². The standard InChI is InChI=1S/C12H20N2S/c1-15-12-4-2-11(3-5-12)10-14-8-6-13-7-9-14/h2,4-5,11,13H,3,6-10H2,1H3. The van der Waals surface area contributed by atoms with Crippen LogP contribution < -0.4 is 5.32 Å². The first kappa shape index (κ1) is 11.2. The van der Waals surface area contributed by atoms with Gasteiger partial charge in [-0.2, -0.15) is 0 Å². The molecule has 2 rings (SSSR count). The van der Waals surface area contributed by atoms with E-state index in [1.54, 1.807) is 0 Å². The minimum absolute atomic E-state index is 0.735. The molecule has 1 heterocycles. The molecule has 84 valence electrons. The fraction of sp³-hybridized carbons (Fsp3) is 0.667. The first-order valence-corrected chi connectivity index (χ1v) is 6.96. The van der Waals surface area contributed by atoms with Crippen LogP contribution in [-0.2, 0) is 0 Å². The van der Waals surface area contributed by atoms with E-state index in [9.17, 15) is 0 Å². The van der Waals surface area contributed by atoms with Gasteiger partial charge in [0.15, 0.2) is 0 Å². The minimum Gasteiger partial charge on any atom is -0.314 e. The van der Waals surface area contributed by atoms with E-state index in [0.29, 0.717) is 0 Å². The second kappa shape index (κ2) is 5.73. The summed E-state index contributed by atoms with van der Waals surface area (Å²) >= 11 is 1.84. The molecule has 0 aromatic rings. The molecule has 1 saturated heterocycles. The highest BCUT2D eigenvalue weighted by atomic mass is 32.2. The molecule has 1 N–H and O–H groups in total. The number of nitrogens with one attached hydrogen (secondary N) is 1. The molecule has 0 saturated carbocycles. The molecule has 2 nitrogen and oxygen atoms in total. The van der Waals surface area contributed by atoms with Crippen LogP contribution in [0.1, 0.15) is 6.42 Å². The Morgan fingerprint density at radius 3 is 2.87 bits per heavy atom. The van der Waals surface area contributed by atoms with Gasteiger partial charge in [0.05, 0.1) is 0 Å². The van der Waals surface area contributed by atoms with Crippen molar-refractivity contribution in [3.63, 3.8) is 0 Å². The lowest BCUT2D eigenvalue weighted by molar-refractivity contribution is 0.220. The van der Waals surface area contributed by atoms with Gasteiger partial charge in [-0.25, -0.2) is 0 Å². The van der Waals surface area contributed by atoms with Gasteiger partial charge in [0.1, 0.15) is 0 Å². The summed E-state index contributed by atoms with van der Waals surface area (Å²) in [5.74, 6) is 0.735. The molecule has 1 aliphatic heterocycles. The molecule has 3 heteroatoms. The summed E-state index contributed by atoms with van der Waals surface area (Å²) < 4.78 is 0. The quantitative estimate of drug-likeness (QED) is 0.786. The molecular formula is C12H20N2S. The Labute approximate surface area is 96.8 Å². The van der Waals surface area contributed by atoms with Crippen LogP contribution in [0.5, 0.6) is 0 Å². The highest BCUT2D eigenvalue weighted by Crippen LogP contribution is 2.23. The van der Waals surface area contributed by atoms with Crippen LogP contribution in [0.15, 0.2) is 23.1 Å². The Hall–Kier alpha value is -0.250. The summed E-state index contributed by atoms with van der Waals surface area (Å²) in [6.07, 6.45) is 10.4. The zero-order valence-electron chi connectivity index (χ0n) is 9.41. The normalized spacial score (nSPS) is 27.8. The Kier molecular flexibility index (Phi) is 4.29. The van der Waals surface area contributed by atoms with Crippen molar-refractivity contribution in [1.29, 1.82) is 0 Å². The maximum Gasteiger partial charge on any atom is 0.0108 e. The molecule has 0 aromatic carbocycles. The van der Waals surface area contributed by atoms with Crippen LogP contribution >= 0.6 is 11.8 Å². The van der Waals surface area contributed by atoms with Gasteiger partial charge in [0, 0.05) is 37.6 Å². The van der Waals surface area contributed by atoms with E-state index >= 15 is 0 Å². The highest BCUT2D eigenvalue weighted by molar-refractivity contribution is 8.02. The van der Waals surface area contributed by atoms with Crippen molar-refractivity contribution in [1.82, 2.24) is 10.2 Å². The molecule has 0 amide bonds. The number of hydrogen-bond donors (Lipinski definition) is 1. The topological polar surface area (TPSA) is 15.3 Å². The predicted octanol–water partition coefficient (Wildman–Crippen LogP) is 1.71. The predicted molar refractivity (Wildman–Crippen MR) is 68.2 cm³/mol. The van der Waals surface area contributed by atoms with Crippen molar-refractivity contribution < 1.29 is 0 Å². The Morgan fingerprint density at radius 2 is 2.27 bits per heavy atom. The molecule has 0 spiro atoms. The zero-order chi connectivity index (χ0) is 10.5. The smallest absolute Gasteiger partial charge is 0.0108 e. The second-order valence-corrected chi connectivity index (χ2v) is 5.10. The number of rotatable bonds is 3. The van der Waals surface area contributed by atoms with Gasteiger partial charge in [-0.05, 0) is 18.6 Å². The third-order valence-electron chi connectivity index (χ3n) is 3.09. The second-order valence-electron chi connectivity index (χ2n) is 4.22. The average molecular weight is 224 g/mol.